The second-order valence-electron chi connectivity index (χ2n) is 8.68. The molecule has 2 aliphatic heterocycles. The molecule has 3 rings (SSSR count). The van der Waals surface area contributed by atoms with E-state index in [4.69, 9.17) is 4.74 Å². The lowest BCUT2D eigenvalue weighted by molar-refractivity contribution is -0.0284. The van der Waals surface area contributed by atoms with Crippen molar-refractivity contribution in [2.75, 3.05) is 64.4 Å². The highest BCUT2D eigenvalue weighted by Gasteiger charge is 2.24. The van der Waals surface area contributed by atoms with Crippen LogP contribution in [-0.4, -0.2) is 76.4 Å². The highest BCUT2D eigenvalue weighted by atomic mass is 19.2. The zero-order valence-corrected chi connectivity index (χ0v) is 18.3. The smallest absolute Gasteiger partial charge is 0.191 e. The fourth-order valence-corrected chi connectivity index (χ4v) is 4.17. The van der Waals surface area contributed by atoms with E-state index in [1.54, 1.807) is 13.1 Å². The molecule has 0 aliphatic carbocycles. The maximum absolute atomic E-state index is 13.5. The first-order chi connectivity index (χ1) is 14.4. The van der Waals surface area contributed by atoms with Crippen LogP contribution in [0.25, 0.3) is 0 Å². The standard InChI is InChI=1S/C22H35F2N5O/c1-16(2)13-28-8-9-30-19(15-28)12-27-22(25-3)26-11-17-6-7-29(14-17)18-4-5-20(23)21(24)10-18/h4-5,10,16-17,19H,6-9,11-15H2,1-3H3,(H2,25,26,27). The van der Waals surface area contributed by atoms with Gasteiger partial charge in [0.2, 0.25) is 0 Å². The molecule has 0 amide bonds. The monoisotopic (exact) mass is 423 g/mol. The van der Waals surface area contributed by atoms with Gasteiger partial charge in [0.05, 0.1) is 12.7 Å². The molecule has 0 spiro atoms. The number of nitrogens with zero attached hydrogens (tertiary/aromatic N) is 3. The normalized spacial score (nSPS) is 23.3. The van der Waals surface area contributed by atoms with Crippen molar-refractivity contribution < 1.29 is 13.5 Å². The van der Waals surface area contributed by atoms with Gasteiger partial charge >= 0.3 is 0 Å². The molecule has 0 aromatic heterocycles. The number of hydrogen-bond donors (Lipinski definition) is 2. The first kappa shape index (κ1) is 22.7. The molecular weight excluding hydrogens is 388 g/mol. The minimum atomic E-state index is -0.805. The number of benzene rings is 1. The summed E-state index contributed by atoms with van der Waals surface area (Å²) in [6.07, 6.45) is 1.16. The van der Waals surface area contributed by atoms with E-state index in [9.17, 15) is 8.78 Å². The van der Waals surface area contributed by atoms with E-state index in [-0.39, 0.29) is 6.10 Å². The summed E-state index contributed by atoms with van der Waals surface area (Å²) in [6, 6.07) is 4.11. The molecule has 2 saturated heterocycles. The molecule has 1 aromatic rings. The molecule has 2 N–H and O–H groups in total. The number of ether oxygens (including phenoxy) is 1. The summed E-state index contributed by atoms with van der Waals surface area (Å²) in [5.41, 5.74) is 0.735. The average Bonchev–Trinajstić information content (AvgIpc) is 3.19. The van der Waals surface area contributed by atoms with Crippen molar-refractivity contribution in [2.45, 2.75) is 26.4 Å². The van der Waals surface area contributed by atoms with Gasteiger partial charge in [-0.25, -0.2) is 8.78 Å². The van der Waals surface area contributed by atoms with Crippen LogP contribution in [-0.2, 0) is 4.74 Å². The van der Waals surface area contributed by atoms with Crippen LogP contribution in [0.1, 0.15) is 20.3 Å². The molecule has 0 bridgehead atoms. The predicted molar refractivity (Wildman–Crippen MR) is 117 cm³/mol. The zero-order chi connectivity index (χ0) is 21.5. The van der Waals surface area contributed by atoms with E-state index in [1.165, 1.54) is 12.1 Å². The van der Waals surface area contributed by atoms with Crippen molar-refractivity contribution in [3.05, 3.63) is 29.8 Å². The lowest BCUT2D eigenvalue weighted by atomic mass is 10.1. The van der Waals surface area contributed by atoms with Gasteiger partial charge in [0, 0.05) is 64.6 Å². The van der Waals surface area contributed by atoms with Crippen LogP contribution >= 0.6 is 0 Å². The molecule has 2 atom stereocenters. The van der Waals surface area contributed by atoms with Crippen LogP contribution in [0, 0.1) is 23.5 Å². The van der Waals surface area contributed by atoms with Crippen LogP contribution in [0.5, 0.6) is 0 Å². The molecule has 6 nitrogen and oxygen atoms in total. The summed E-state index contributed by atoms with van der Waals surface area (Å²) < 4.78 is 32.6. The number of hydrogen-bond acceptors (Lipinski definition) is 4. The third kappa shape index (κ3) is 6.54. The molecule has 0 radical (unpaired) electrons. The highest BCUT2D eigenvalue weighted by molar-refractivity contribution is 5.79. The Labute approximate surface area is 178 Å². The minimum Gasteiger partial charge on any atom is -0.374 e. The van der Waals surface area contributed by atoms with Crippen LogP contribution in [0.4, 0.5) is 14.5 Å². The van der Waals surface area contributed by atoms with Crippen molar-refractivity contribution in [3.63, 3.8) is 0 Å². The Morgan fingerprint density at radius 3 is 2.70 bits per heavy atom. The first-order valence-electron chi connectivity index (χ1n) is 10.9. The predicted octanol–water partition coefficient (Wildman–Crippen LogP) is 2.31. The van der Waals surface area contributed by atoms with Gasteiger partial charge < -0.3 is 20.3 Å². The Morgan fingerprint density at radius 1 is 1.17 bits per heavy atom. The summed E-state index contributed by atoms with van der Waals surface area (Å²) in [7, 11) is 1.77. The Hall–Kier alpha value is -1.93. The van der Waals surface area contributed by atoms with Gasteiger partial charge in [0.25, 0.3) is 0 Å². The summed E-state index contributed by atoms with van der Waals surface area (Å²) in [5.74, 6) is 0.245. The number of halogens is 2. The maximum atomic E-state index is 13.5. The first-order valence-corrected chi connectivity index (χ1v) is 10.9. The third-order valence-corrected chi connectivity index (χ3v) is 5.68. The third-order valence-electron chi connectivity index (χ3n) is 5.68. The molecule has 1 aromatic carbocycles. The van der Waals surface area contributed by atoms with Gasteiger partial charge in [0.1, 0.15) is 0 Å². The summed E-state index contributed by atoms with van der Waals surface area (Å²) in [5, 5.41) is 6.77. The van der Waals surface area contributed by atoms with Gasteiger partial charge in [-0.15, -0.1) is 0 Å². The van der Waals surface area contributed by atoms with Crippen LogP contribution in [0.15, 0.2) is 23.2 Å². The topological polar surface area (TPSA) is 52.1 Å². The van der Waals surface area contributed by atoms with E-state index >= 15 is 0 Å². The Kier molecular flexibility index (Phi) is 8.27. The highest BCUT2D eigenvalue weighted by Crippen LogP contribution is 2.25. The number of aliphatic imine (C=N–C) groups is 1. The fraction of sp³-hybridized carbons (Fsp3) is 0.682. The lowest BCUT2D eigenvalue weighted by Gasteiger charge is -2.34. The second kappa shape index (κ2) is 10.9. The van der Waals surface area contributed by atoms with Crippen molar-refractivity contribution in [1.29, 1.82) is 0 Å². The van der Waals surface area contributed by atoms with Gasteiger partial charge in [-0.2, -0.15) is 0 Å². The van der Waals surface area contributed by atoms with Crippen molar-refractivity contribution in [1.82, 2.24) is 15.5 Å². The van der Waals surface area contributed by atoms with Crippen molar-refractivity contribution in [2.24, 2.45) is 16.8 Å². The van der Waals surface area contributed by atoms with Gasteiger partial charge in [-0.1, -0.05) is 13.8 Å². The largest absolute Gasteiger partial charge is 0.374 e. The van der Waals surface area contributed by atoms with Crippen molar-refractivity contribution >= 4 is 11.6 Å². The van der Waals surface area contributed by atoms with Gasteiger partial charge in [-0.3, -0.25) is 9.89 Å². The summed E-state index contributed by atoms with van der Waals surface area (Å²) in [4.78, 5) is 8.88. The van der Waals surface area contributed by atoms with E-state index in [0.717, 1.165) is 70.5 Å². The number of guanidine groups is 1. The fourth-order valence-electron chi connectivity index (χ4n) is 4.17. The second-order valence-corrected chi connectivity index (χ2v) is 8.68. The summed E-state index contributed by atoms with van der Waals surface area (Å²) >= 11 is 0. The molecule has 2 unspecified atom stereocenters. The van der Waals surface area contributed by atoms with E-state index in [0.29, 0.717) is 11.8 Å². The SMILES string of the molecule is CN=C(NCC1CCN(c2ccc(F)c(F)c2)C1)NCC1CN(CC(C)C)CCO1. The zero-order valence-electron chi connectivity index (χ0n) is 18.3. The molecule has 0 saturated carbocycles. The Balaban J connectivity index is 1.40. The number of morpholine rings is 1. The molecular formula is C22H35F2N5O. The van der Waals surface area contributed by atoms with E-state index < -0.39 is 11.6 Å². The van der Waals surface area contributed by atoms with Gasteiger partial charge in [0.15, 0.2) is 17.6 Å². The molecule has 2 aliphatic rings. The number of rotatable bonds is 7. The number of nitrogens with one attached hydrogen (secondary N) is 2. The van der Waals surface area contributed by atoms with Crippen LogP contribution in [0.2, 0.25) is 0 Å². The van der Waals surface area contributed by atoms with E-state index in [2.05, 4.69) is 39.3 Å². The van der Waals surface area contributed by atoms with Crippen LogP contribution < -0.4 is 15.5 Å². The average molecular weight is 424 g/mol. The van der Waals surface area contributed by atoms with Gasteiger partial charge in [-0.05, 0) is 30.4 Å². The maximum Gasteiger partial charge on any atom is 0.191 e. The lowest BCUT2D eigenvalue weighted by Crippen LogP contribution is -2.50. The molecule has 30 heavy (non-hydrogen) atoms. The minimum absolute atomic E-state index is 0.159. The quantitative estimate of drug-likeness (QED) is 0.521. The van der Waals surface area contributed by atoms with Crippen molar-refractivity contribution in [3.8, 4) is 0 Å². The van der Waals surface area contributed by atoms with E-state index in [1.807, 2.05) is 0 Å². The molecule has 168 valence electrons. The molecule has 2 fully saturated rings. The summed E-state index contributed by atoms with van der Waals surface area (Å²) in [6.45, 7) is 11.4. The van der Waals surface area contributed by atoms with Crippen LogP contribution in [0.3, 0.4) is 0 Å². The number of anilines is 1. The Bertz CT molecular complexity index is 715. The molecule has 8 heteroatoms. The molecule has 2 heterocycles. The Morgan fingerprint density at radius 2 is 1.97 bits per heavy atom.